The van der Waals surface area contributed by atoms with Crippen molar-refractivity contribution in [2.45, 2.75) is 56.5 Å². The molecule has 0 aliphatic heterocycles. The van der Waals surface area contributed by atoms with E-state index in [4.69, 9.17) is 10.1 Å². The number of carboxylic acids is 1. The Morgan fingerprint density at radius 3 is 2.54 bits per heavy atom. The first-order valence-corrected chi connectivity index (χ1v) is 12.3. The molecule has 0 spiro atoms. The van der Waals surface area contributed by atoms with E-state index >= 15 is 0 Å². The summed E-state index contributed by atoms with van der Waals surface area (Å²) in [4.78, 5) is 15.8. The third-order valence-corrected chi connectivity index (χ3v) is 6.94. The number of anilines is 2. The summed E-state index contributed by atoms with van der Waals surface area (Å²) in [5, 5.41) is 12.3. The number of thioether (sulfide) groups is 1. The second kappa shape index (κ2) is 9.60. The van der Waals surface area contributed by atoms with Gasteiger partial charge in [0, 0.05) is 22.7 Å². The Morgan fingerprint density at radius 1 is 1.20 bits per heavy atom. The Kier molecular flexibility index (Phi) is 6.90. The van der Waals surface area contributed by atoms with Crippen LogP contribution in [-0.4, -0.2) is 26.1 Å². The van der Waals surface area contributed by atoms with E-state index in [1.165, 1.54) is 18.2 Å². The number of aliphatic carboxylic acids is 1. The van der Waals surface area contributed by atoms with Gasteiger partial charge in [-0.25, -0.2) is 9.78 Å². The number of benzene rings is 2. The maximum absolute atomic E-state index is 12.7. The molecule has 0 amide bonds. The van der Waals surface area contributed by atoms with E-state index in [-0.39, 0.29) is 28.1 Å². The predicted octanol–water partition coefficient (Wildman–Crippen LogP) is 7.88. The average molecular weight is 504 g/mol. The number of carbonyl (C=O) groups is 1. The van der Waals surface area contributed by atoms with Crippen LogP contribution in [0.4, 0.5) is 24.8 Å². The SMILES string of the molecule is C[C@@H]1C[C@@H](n2c(Nc3ccc(SC(F)(F)F)cc3)nc3cc(/C=C/C(=O)O)ccc32)CC(C)(C)C1. The molecule has 1 fully saturated rings. The number of aromatic nitrogens is 2. The van der Waals surface area contributed by atoms with E-state index < -0.39 is 11.5 Å². The maximum Gasteiger partial charge on any atom is 0.446 e. The molecule has 2 aromatic carbocycles. The molecule has 1 aliphatic carbocycles. The first-order valence-electron chi connectivity index (χ1n) is 11.4. The van der Waals surface area contributed by atoms with E-state index in [9.17, 15) is 18.0 Å². The van der Waals surface area contributed by atoms with Crippen LogP contribution in [0.1, 0.15) is 51.6 Å². The van der Waals surface area contributed by atoms with Crippen LogP contribution in [0.3, 0.4) is 0 Å². The molecular weight excluding hydrogens is 475 g/mol. The van der Waals surface area contributed by atoms with Gasteiger partial charge in [-0.15, -0.1) is 0 Å². The fourth-order valence-electron chi connectivity index (χ4n) is 5.21. The largest absolute Gasteiger partial charge is 0.478 e. The molecule has 2 atom stereocenters. The lowest BCUT2D eigenvalue weighted by Gasteiger charge is -2.40. The number of fused-ring (bicyclic) bond motifs is 1. The van der Waals surface area contributed by atoms with Gasteiger partial charge in [0.15, 0.2) is 0 Å². The monoisotopic (exact) mass is 503 g/mol. The van der Waals surface area contributed by atoms with Gasteiger partial charge in [-0.05, 0) is 90.4 Å². The summed E-state index contributed by atoms with van der Waals surface area (Å²) in [7, 11) is 0. The summed E-state index contributed by atoms with van der Waals surface area (Å²) >= 11 is -0.143. The Morgan fingerprint density at radius 2 is 1.91 bits per heavy atom. The zero-order chi connectivity index (χ0) is 25.4. The Balaban J connectivity index is 1.73. The summed E-state index contributed by atoms with van der Waals surface area (Å²) < 4.78 is 40.3. The van der Waals surface area contributed by atoms with Gasteiger partial charge in [0.1, 0.15) is 0 Å². The van der Waals surface area contributed by atoms with Crippen molar-refractivity contribution < 1.29 is 23.1 Å². The van der Waals surface area contributed by atoms with Gasteiger partial charge >= 0.3 is 11.5 Å². The van der Waals surface area contributed by atoms with Gasteiger partial charge < -0.3 is 15.0 Å². The minimum absolute atomic E-state index is 0.120. The highest BCUT2D eigenvalue weighted by atomic mass is 32.2. The molecule has 0 radical (unpaired) electrons. The highest BCUT2D eigenvalue weighted by Crippen LogP contribution is 2.46. The number of alkyl halides is 3. The minimum Gasteiger partial charge on any atom is -0.478 e. The Hall–Kier alpha value is -2.94. The van der Waals surface area contributed by atoms with Crippen LogP contribution < -0.4 is 5.32 Å². The molecule has 186 valence electrons. The van der Waals surface area contributed by atoms with Crippen molar-refractivity contribution >= 4 is 46.5 Å². The topological polar surface area (TPSA) is 67.2 Å². The lowest BCUT2D eigenvalue weighted by molar-refractivity contribution is -0.131. The van der Waals surface area contributed by atoms with Gasteiger partial charge in [-0.3, -0.25) is 0 Å². The molecule has 0 unspecified atom stereocenters. The predicted molar refractivity (Wildman–Crippen MR) is 134 cm³/mol. The minimum atomic E-state index is -4.33. The maximum atomic E-state index is 12.7. The van der Waals surface area contributed by atoms with Crippen LogP contribution >= 0.6 is 11.8 Å². The second-order valence-corrected chi connectivity index (χ2v) is 11.1. The molecule has 35 heavy (non-hydrogen) atoms. The molecular formula is C26H28F3N3O2S. The van der Waals surface area contributed by atoms with Crippen molar-refractivity contribution in [2.24, 2.45) is 11.3 Å². The number of hydrogen-bond donors (Lipinski definition) is 2. The van der Waals surface area contributed by atoms with E-state index in [0.717, 1.165) is 41.9 Å². The summed E-state index contributed by atoms with van der Waals surface area (Å²) in [5.41, 5.74) is -1.15. The van der Waals surface area contributed by atoms with E-state index in [1.807, 2.05) is 18.2 Å². The zero-order valence-corrected chi connectivity index (χ0v) is 20.6. The number of hydrogen-bond acceptors (Lipinski definition) is 4. The van der Waals surface area contributed by atoms with Crippen LogP contribution in [0.2, 0.25) is 0 Å². The molecule has 1 aliphatic rings. The number of nitrogens with zero attached hydrogens (tertiary/aromatic N) is 2. The number of nitrogens with one attached hydrogen (secondary N) is 1. The number of rotatable bonds is 6. The average Bonchev–Trinajstić information content (AvgIpc) is 3.08. The first kappa shape index (κ1) is 25.2. The summed E-state index contributed by atoms with van der Waals surface area (Å²) in [6.07, 6.45) is 5.71. The van der Waals surface area contributed by atoms with Gasteiger partial charge in [0.05, 0.1) is 11.0 Å². The summed E-state index contributed by atoms with van der Waals surface area (Å²) in [6, 6.07) is 12.0. The van der Waals surface area contributed by atoms with Gasteiger partial charge in [-0.2, -0.15) is 13.2 Å². The van der Waals surface area contributed by atoms with E-state index in [1.54, 1.807) is 12.1 Å². The lowest BCUT2D eigenvalue weighted by Crippen LogP contribution is -2.29. The summed E-state index contributed by atoms with van der Waals surface area (Å²) in [6.45, 7) is 6.80. The first-order chi connectivity index (χ1) is 16.4. The van der Waals surface area contributed by atoms with E-state index in [2.05, 4.69) is 30.7 Å². The molecule has 2 N–H and O–H groups in total. The zero-order valence-electron chi connectivity index (χ0n) is 19.8. The Labute approximate surface area is 206 Å². The second-order valence-electron chi connectivity index (χ2n) is 9.99. The third-order valence-electron chi connectivity index (χ3n) is 6.20. The normalized spacial score (nSPS) is 20.4. The van der Waals surface area contributed by atoms with Crippen molar-refractivity contribution in [3.63, 3.8) is 0 Å². The number of carboxylic acid groups (broad SMARTS) is 1. The molecule has 9 heteroatoms. The van der Waals surface area contributed by atoms with Crippen LogP contribution in [0.25, 0.3) is 17.1 Å². The highest BCUT2D eigenvalue weighted by molar-refractivity contribution is 8.00. The van der Waals surface area contributed by atoms with Gasteiger partial charge in [-0.1, -0.05) is 26.8 Å². The van der Waals surface area contributed by atoms with Crippen LogP contribution in [-0.2, 0) is 4.79 Å². The smallest absolute Gasteiger partial charge is 0.446 e. The fourth-order valence-corrected chi connectivity index (χ4v) is 5.75. The standard InChI is InChI=1S/C26H28F3N3O2S/c1-16-12-19(15-25(2,3)14-16)32-22-10-4-17(5-11-23(33)34)13-21(22)31-24(32)30-18-6-8-20(9-7-18)35-26(27,28)29/h4-11,13,16,19H,12,14-15H2,1-3H3,(H,30,31)(H,33,34)/b11-5+/t16-,19-/m1/s1. The lowest BCUT2D eigenvalue weighted by atomic mass is 9.70. The molecule has 1 heterocycles. The van der Waals surface area contributed by atoms with Crippen LogP contribution in [0.15, 0.2) is 53.4 Å². The molecule has 5 nitrogen and oxygen atoms in total. The van der Waals surface area contributed by atoms with Crippen molar-refractivity contribution in [1.29, 1.82) is 0 Å². The molecule has 1 saturated carbocycles. The van der Waals surface area contributed by atoms with Crippen molar-refractivity contribution in [2.75, 3.05) is 5.32 Å². The molecule has 0 saturated heterocycles. The molecule has 1 aromatic heterocycles. The van der Waals surface area contributed by atoms with Crippen LogP contribution in [0.5, 0.6) is 0 Å². The summed E-state index contributed by atoms with van der Waals surface area (Å²) in [5.74, 6) is 0.125. The number of imidazole rings is 1. The quantitative estimate of drug-likeness (QED) is 0.265. The number of halogens is 3. The van der Waals surface area contributed by atoms with Crippen molar-refractivity contribution in [3.05, 3.63) is 54.1 Å². The molecule has 0 bridgehead atoms. The van der Waals surface area contributed by atoms with Crippen molar-refractivity contribution in [1.82, 2.24) is 9.55 Å². The van der Waals surface area contributed by atoms with Crippen LogP contribution in [0, 0.1) is 11.3 Å². The third kappa shape index (κ3) is 6.39. The van der Waals surface area contributed by atoms with Gasteiger partial charge in [0.2, 0.25) is 5.95 Å². The van der Waals surface area contributed by atoms with Gasteiger partial charge in [0.25, 0.3) is 0 Å². The fraction of sp³-hybridized carbons (Fsp3) is 0.385. The molecule has 4 rings (SSSR count). The highest BCUT2D eigenvalue weighted by Gasteiger charge is 2.34. The van der Waals surface area contributed by atoms with E-state index in [0.29, 0.717) is 17.6 Å². The van der Waals surface area contributed by atoms with Crippen molar-refractivity contribution in [3.8, 4) is 0 Å². The molecule has 3 aromatic rings. The Bertz CT molecular complexity index is 1250.